The molecule has 108 valence electrons. The first kappa shape index (κ1) is 15.9. The lowest BCUT2D eigenvalue weighted by atomic mass is 10.1. The summed E-state index contributed by atoms with van der Waals surface area (Å²) in [4.78, 5) is 3.91. The van der Waals surface area contributed by atoms with Gasteiger partial charge < -0.3 is 15.3 Å². The van der Waals surface area contributed by atoms with Crippen molar-refractivity contribution in [1.82, 2.24) is 9.80 Å². The van der Waals surface area contributed by atoms with E-state index in [-0.39, 0.29) is 13.2 Å². The number of aliphatic hydroxyl groups is 2. The molecule has 0 aliphatic heterocycles. The highest BCUT2D eigenvalue weighted by Gasteiger charge is 2.10. The lowest BCUT2D eigenvalue weighted by Gasteiger charge is -2.19. The third-order valence-electron chi connectivity index (χ3n) is 3.05. The van der Waals surface area contributed by atoms with Crippen LogP contribution in [-0.2, 0) is 13.1 Å². The minimum atomic E-state index is 0.107. The van der Waals surface area contributed by atoms with E-state index in [1.165, 1.54) is 0 Å². The first-order valence-corrected chi connectivity index (χ1v) is 6.47. The third kappa shape index (κ3) is 5.16. The minimum absolute atomic E-state index is 0.107. The van der Waals surface area contributed by atoms with Crippen molar-refractivity contribution < 1.29 is 15.3 Å². The maximum absolute atomic E-state index is 10.2. The van der Waals surface area contributed by atoms with Gasteiger partial charge in [0.25, 0.3) is 0 Å². The summed E-state index contributed by atoms with van der Waals surface area (Å²) in [7, 11) is 3.81. The highest BCUT2D eigenvalue weighted by molar-refractivity contribution is 5.40. The van der Waals surface area contributed by atoms with Gasteiger partial charge in [0.15, 0.2) is 0 Å². The van der Waals surface area contributed by atoms with Crippen molar-refractivity contribution in [3.05, 3.63) is 29.3 Å². The number of hydrogen-bond donors (Lipinski definition) is 3. The molecule has 0 amide bonds. The Bertz CT molecular complexity index is 353. The van der Waals surface area contributed by atoms with E-state index in [9.17, 15) is 5.11 Å². The number of likely N-dealkylation sites (N-methyl/N-ethyl adjacent to an activating group) is 2. The fourth-order valence-electron chi connectivity index (χ4n) is 1.98. The van der Waals surface area contributed by atoms with E-state index in [2.05, 4.69) is 0 Å². The number of nitrogens with zero attached hydrogens (tertiary/aromatic N) is 2. The van der Waals surface area contributed by atoms with Crippen LogP contribution in [0.2, 0.25) is 0 Å². The van der Waals surface area contributed by atoms with Gasteiger partial charge in [0, 0.05) is 37.3 Å². The van der Waals surface area contributed by atoms with Crippen LogP contribution in [0.3, 0.4) is 0 Å². The molecule has 0 spiro atoms. The van der Waals surface area contributed by atoms with E-state index in [0.29, 0.717) is 31.9 Å². The standard InChI is InChI=1S/C14H24N2O3/c1-15(6-8-17)10-12-4-3-5-13(14(12)19)11-16(2)7-9-18/h3-5,17-19H,6-11H2,1-2H3. The Morgan fingerprint density at radius 1 is 0.895 bits per heavy atom. The molecule has 5 nitrogen and oxygen atoms in total. The molecular weight excluding hydrogens is 244 g/mol. The molecule has 3 N–H and O–H groups in total. The van der Waals surface area contributed by atoms with E-state index < -0.39 is 0 Å². The van der Waals surface area contributed by atoms with E-state index in [4.69, 9.17) is 10.2 Å². The quantitative estimate of drug-likeness (QED) is 0.630. The Hall–Kier alpha value is -1.14. The summed E-state index contributed by atoms with van der Waals surface area (Å²) in [5.41, 5.74) is 1.71. The van der Waals surface area contributed by atoms with Crippen molar-refractivity contribution in [3.8, 4) is 5.75 Å². The number of rotatable bonds is 8. The molecule has 0 aliphatic rings. The Kier molecular flexibility index (Phi) is 6.80. The van der Waals surface area contributed by atoms with Gasteiger partial charge in [0.05, 0.1) is 13.2 Å². The van der Waals surface area contributed by atoms with Crippen molar-refractivity contribution in [2.24, 2.45) is 0 Å². The second kappa shape index (κ2) is 8.12. The van der Waals surface area contributed by atoms with E-state index in [0.717, 1.165) is 11.1 Å². The molecular formula is C14H24N2O3. The Morgan fingerprint density at radius 3 is 1.68 bits per heavy atom. The van der Waals surface area contributed by atoms with Crippen LogP contribution in [0.25, 0.3) is 0 Å². The first-order valence-electron chi connectivity index (χ1n) is 6.47. The van der Waals surface area contributed by atoms with Gasteiger partial charge in [0.2, 0.25) is 0 Å². The van der Waals surface area contributed by atoms with Crippen LogP contribution in [0.15, 0.2) is 18.2 Å². The number of aromatic hydroxyl groups is 1. The SMILES string of the molecule is CN(CCO)Cc1cccc(CN(C)CCO)c1O. The van der Waals surface area contributed by atoms with Crippen molar-refractivity contribution in [2.75, 3.05) is 40.4 Å². The van der Waals surface area contributed by atoms with E-state index >= 15 is 0 Å². The molecule has 1 aromatic rings. The molecule has 1 aromatic carbocycles. The molecule has 0 fully saturated rings. The molecule has 1 rings (SSSR count). The van der Waals surface area contributed by atoms with Crippen LogP contribution in [0, 0.1) is 0 Å². The summed E-state index contributed by atoms with van der Waals surface area (Å²) in [5, 5.41) is 28.0. The first-order chi connectivity index (χ1) is 9.08. The zero-order valence-electron chi connectivity index (χ0n) is 11.7. The Labute approximate surface area is 114 Å². The van der Waals surface area contributed by atoms with Crippen molar-refractivity contribution in [2.45, 2.75) is 13.1 Å². The average Bonchev–Trinajstić information content (AvgIpc) is 2.35. The maximum atomic E-state index is 10.2. The van der Waals surface area contributed by atoms with Gasteiger partial charge in [0.1, 0.15) is 5.75 Å². The fourth-order valence-corrected chi connectivity index (χ4v) is 1.98. The van der Waals surface area contributed by atoms with Crippen molar-refractivity contribution in [1.29, 1.82) is 0 Å². The summed E-state index contributed by atoms with van der Waals surface area (Å²) >= 11 is 0. The number of hydrogen-bond acceptors (Lipinski definition) is 5. The summed E-state index contributed by atoms with van der Waals surface area (Å²) in [6, 6.07) is 5.70. The largest absolute Gasteiger partial charge is 0.507 e. The molecule has 0 saturated heterocycles. The van der Waals surface area contributed by atoms with Gasteiger partial charge in [-0.15, -0.1) is 0 Å². The van der Waals surface area contributed by atoms with Gasteiger partial charge in [-0.3, -0.25) is 9.80 Å². The highest BCUT2D eigenvalue weighted by atomic mass is 16.3. The van der Waals surface area contributed by atoms with Crippen LogP contribution in [0.5, 0.6) is 5.75 Å². The topological polar surface area (TPSA) is 67.2 Å². The van der Waals surface area contributed by atoms with Crippen LogP contribution in [0.4, 0.5) is 0 Å². The zero-order chi connectivity index (χ0) is 14.3. The molecule has 0 aromatic heterocycles. The van der Waals surface area contributed by atoms with E-state index in [1.807, 2.05) is 42.1 Å². The molecule has 0 heterocycles. The van der Waals surface area contributed by atoms with Crippen LogP contribution < -0.4 is 0 Å². The predicted molar refractivity (Wildman–Crippen MR) is 74.9 cm³/mol. The number of phenols is 1. The second-order valence-electron chi connectivity index (χ2n) is 4.85. The molecule has 0 atom stereocenters. The second-order valence-corrected chi connectivity index (χ2v) is 4.85. The lowest BCUT2D eigenvalue weighted by Crippen LogP contribution is -2.23. The van der Waals surface area contributed by atoms with Crippen molar-refractivity contribution >= 4 is 0 Å². The van der Waals surface area contributed by atoms with Gasteiger partial charge in [-0.2, -0.15) is 0 Å². The summed E-state index contributed by atoms with van der Waals surface area (Å²) in [5.74, 6) is 0.303. The normalized spacial score (nSPS) is 11.5. The molecule has 0 bridgehead atoms. The summed E-state index contributed by atoms with van der Waals surface area (Å²) < 4.78 is 0. The summed E-state index contributed by atoms with van der Waals surface area (Å²) in [6.07, 6.45) is 0. The maximum Gasteiger partial charge on any atom is 0.124 e. The van der Waals surface area contributed by atoms with Crippen LogP contribution in [0.1, 0.15) is 11.1 Å². The van der Waals surface area contributed by atoms with Gasteiger partial charge in [-0.1, -0.05) is 18.2 Å². The predicted octanol–water partition coefficient (Wildman–Crippen LogP) is 0.240. The third-order valence-corrected chi connectivity index (χ3v) is 3.05. The highest BCUT2D eigenvalue weighted by Crippen LogP contribution is 2.24. The molecule has 0 saturated carbocycles. The Morgan fingerprint density at radius 2 is 1.32 bits per heavy atom. The van der Waals surface area contributed by atoms with Gasteiger partial charge in [-0.25, -0.2) is 0 Å². The zero-order valence-corrected chi connectivity index (χ0v) is 11.7. The van der Waals surface area contributed by atoms with Crippen LogP contribution >= 0.6 is 0 Å². The van der Waals surface area contributed by atoms with Gasteiger partial charge >= 0.3 is 0 Å². The average molecular weight is 268 g/mol. The molecule has 0 aliphatic carbocycles. The smallest absolute Gasteiger partial charge is 0.124 e. The van der Waals surface area contributed by atoms with Gasteiger partial charge in [-0.05, 0) is 14.1 Å². The number of aliphatic hydroxyl groups excluding tert-OH is 2. The Balaban J connectivity index is 2.74. The van der Waals surface area contributed by atoms with Crippen molar-refractivity contribution in [3.63, 3.8) is 0 Å². The number of phenolic OH excluding ortho intramolecular Hbond substituents is 1. The monoisotopic (exact) mass is 268 g/mol. The molecule has 0 radical (unpaired) electrons. The lowest BCUT2D eigenvalue weighted by molar-refractivity contribution is 0.213. The number of benzene rings is 1. The summed E-state index contributed by atoms with van der Waals surface area (Å²) in [6.45, 7) is 2.57. The van der Waals surface area contributed by atoms with E-state index in [1.54, 1.807) is 0 Å². The van der Waals surface area contributed by atoms with Crippen LogP contribution in [-0.4, -0.2) is 65.5 Å². The molecule has 5 heteroatoms. The molecule has 0 unspecified atom stereocenters. The minimum Gasteiger partial charge on any atom is -0.507 e. The molecule has 19 heavy (non-hydrogen) atoms. The number of para-hydroxylation sites is 1. The fraction of sp³-hybridized carbons (Fsp3) is 0.571.